The van der Waals surface area contributed by atoms with Gasteiger partial charge in [-0.15, -0.1) is 11.3 Å². The van der Waals surface area contributed by atoms with Gasteiger partial charge in [0.2, 0.25) is 5.13 Å². The molecule has 0 saturated heterocycles. The van der Waals surface area contributed by atoms with Crippen molar-refractivity contribution < 1.29 is 0 Å². The molecular weight excluding hydrogens is 376 g/mol. The van der Waals surface area contributed by atoms with Crippen LogP contribution < -0.4 is 10.3 Å². The van der Waals surface area contributed by atoms with Gasteiger partial charge in [-0.1, -0.05) is 43.3 Å². The van der Waals surface area contributed by atoms with Crippen LogP contribution in [0.5, 0.6) is 0 Å². The van der Waals surface area contributed by atoms with Crippen LogP contribution in [0.3, 0.4) is 0 Å². The van der Waals surface area contributed by atoms with E-state index in [4.69, 9.17) is 0 Å². The van der Waals surface area contributed by atoms with Crippen molar-refractivity contribution in [3.8, 4) is 0 Å². The van der Waals surface area contributed by atoms with Crippen LogP contribution in [0.1, 0.15) is 55.5 Å². The third kappa shape index (κ3) is 4.35. The second-order valence-electron chi connectivity index (χ2n) is 8.47. The van der Waals surface area contributed by atoms with Gasteiger partial charge in [-0.05, 0) is 61.9 Å². The van der Waals surface area contributed by atoms with Gasteiger partial charge in [0.1, 0.15) is 0 Å². The number of thiazole rings is 1. The van der Waals surface area contributed by atoms with Crippen molar-refractivity contribution in [3.05, 3.63) is 76.3 Å². The van der Waals surface area contributed by atoms with Crippen LogP contribution in [0, 0.1) is 6.92 Å². The number of anilines is 2. The highest BCUT2D eigenvalue weighted by Crippen LogP contribution is 2.44. The molecule has 1 aromatic heterocycles. The summed E-state index contributed by atoms with van der Waals surface area (Å²) >= 11 is 1.57. The number of nitrogens with zero attached hydrogens (tertiary/aromatic N) is 3. The number of fused-ring (bicyclic) bond motifs is 1. The second kappa shape index (κ2) is 7.99. The van der Waals surface area contributed by atoms with Crippen LogP contribution >= 0.6 is 11.3 Å². The van der Waals surface area contributed by atoms with Gasteiger partial charge in [0, 0.05) is 23.2 Å². The number of aromatic nitrogens is 1. The quantitative estimate of drug-likeness (QED) is 0.407. The van der Waals surface area contributed by atoms with E-state index in [0.29, 0.717) is 5.92 Å². The van der Waals surface area contributed by atoms with Crippen molar-refractivity contribution in [3.63, 3.8) is 0 Å². The first-order chi connectivity index (χ1) is 13.9. The summed E-state index contributed by atoms with van der Waals surface area (Å²) in [6.45, 7) is 9.94. The van der Waals surface area contributed by atoms with Crippen LogP contribution in [0.4, 0.5) is 10.8 Å². The Morgan fingerprint density at radius 1 is 1.24 bits per heavy atom. The van der Waals surface area contributed by atoms with Gasteiger partial charge in [0.25, 0.3) is 0 Å². The maximum Gasteiger partial charge on any atom is 0.203 e. The number of nitrogens with one attached hydrogen (secondary N) is 1. The maximum atomic E-state index is 4.38. The van der Waals surface area contributed by atoms with Gasteiger partial charge in [-0.25, -0.2) is 4.98 Å². The molecule has 0 saturated carbocycles. The molecule has 4 rings (SSSR count). The average molecular weight is 405 g/mol. The molecular formula is C24H28N4S. The highest BCUT2D eigenvalue weighted by Gasteiger charge is 2.36. The molecule has 2 aromatic carbocycles. The Morgan fingerprint density at radius 2 is 2.03 bits per heavy atom. The lowest BCUT2D eigenvalue weighted by Crippen LogP contribution is -2.47. The van der Waals surface area contributed by atoms with Crippen LogP contribution in [0.2, 0.25) is 0 Å². The highest BCUT2D eigenvalue weighted by molar-refractivity contribution is 7.13. The van der Waals surface area contributed by atoms with E-state index in [9.17, 15) is 0 Å². The van der Waals surface area contributed by atoms with Crippen molar-refractivity contribution in [2.24, 2.45) is 5.10 Å². The van der Waals surface area contributed by atoms with Gasteiger partial charge in [-0.3, -0.25) is 5.43 Å². The monoisotopic (exact) mass is 404 g/mol. The van der Waals surface area contributed by atoms with Gasteiger partial charge >= 0.3 is 0 Å². The molecule has 4 nitrogen and oxygen atoms in total. The Bertz CT molecular complexity index is 1010. The van der Waals surface area contributed by atoms with Gasteiger partial charge in [0.15, 0.2) is 0 Å². The Balaban J connectivity index is 1.59. The fraction of sp³-hybridized carbons (Fsp3) is 0.333. The van der Waals surface area contributed by atoms with E-state index in [1.165, 1.54) is 16.8 Å². The van der Waals surface area contributed by atoms with E-state index in [1.54, 1.807) is 11.3 Å². The molecule has 0 aliphatic carbocycles. The third-order valence-corrected chi connectivity index (χ3v) is 6.45. The summed E-state index contributed by atoms with van der Waals surface area (Å²) in [7, 11) is 0. The lowest BCUT2D eigenvalue weighted by atomic mass is 9.79. The van der Waals surface area contributed by atoms with E-state index in [-0.39, 0.29) is 5.54 Å². The van der Waals surface area contributed by atoms with E-state index in [0.717, 1.165) is 29.4 Å². The van der Waals surface area contributed by atoms with Crippen LogP contribution in [-0.2, 0) is 6.54 Å². The van der Waals surface area contributed by atoms with E-state index in [2.05, 4.69) is 89.7 Å². The minimum Gasteiger partial charge on any atom is -0.362 e. The van der Waals surface area contributed by atoms with E-state index >= 15 is 0 Å². The molecule has 1 N–H and O–H groups in total. The smallest absolute Gasteiger partial charge is 0.203 e. The first-order valence-corrected chi connectivity index (χ1v) is 11.0. The number of aryl methyl sites for hydroxylation is 1. The molecule has 0 amide bonds. The van der Waals surface area contributed by atoms with Crippen molar-refractivity contribution in [1.29, 1.82) is 0 Å². The Kier molecular flexibility index (Phi) is 5.41. The minimum absolute atomic E-state index is 0.113. The fourth-order valence-corrected chi connectivity index (χ4v) is 4.86. The number of hydrazone groups is 1. The molecule has 2 heterocycles. The molecule has 0 spiro atoms. The summed E-state index contributed by atoms with van der Waals surface area (Å²) in [5.74, 6) is 0.509. The van der Waals surface area contributed by atoms with Gasteiger partial charge in [0.05, 0.1) is 11.9 Å². The number of hydrogen-bond donors (Lipinski definition) is 1. The van der Waals surface area contributed by atoms with E-state index < -0.39 is 0 Å². The summed E-state index contributed by atoms with van der Waals surface area (Å²) in [5.41, 5.74) is 9.33. The normalized spacial score (nSPS) is 18.1. The summed E-state index contributed by atoms with van der Waals surface area (Å²) in [6.07, 6.45) is 3.01. The number of rotatable bonds is 5. The lowest BCUT2D eigenvalue weighted by Gasteiger charge is -2.47. The van der Waals surface area contributed by atoms with Crippen LogP contribution in [0.15, 0.2) is 59.0 Å². The van der Waals surface area contributed by atoms with E-state index in [1.807, 2.05) is 18.5 Å². The first kappa shape index (κ1) is 19.6. The zero-order valence-electron chi connectivity index (χ0n) is 17.5. The van der Waals surface area contributed by atoms with Crippen LogP contribution in [0.25, 0.3) is 0 Å². The zero-order chi connectivity index (χ0) is 20.4. The molecule has 29 heavy (non-hydrogen) atoms. The average Bonchev–Trinajstić information content (AvgIpc) is 3.11. The Hall–Kier alpha value is -2.66. The van der Waals surface area contributed by atoms with Crippen molar-refractivity contribution in [2.75, 3.05) is 10.3 Å². The minimum atomic E-state index is 0.113. The first-order valence-electron chi connectivity index (χ1n) is 10.1. The molecule has 1 aliphatic heterocycles. The highest BCUT2D eigenvalue weighted by atomic mass is 32.1. The van der Waals surface area contributed by atoms with Crippen LogP contribution in [-0.4, -0.2) is 16.7 Å². The fourth-order valence-electron chi connectivity index (χ4n) is 4.22. The molecule has 1 unspecified atom stereocenters. The Morgan fingerprint density at radius 3 is 2.76 bits per heavy atom. The molecule has 0 radical (unpaired) electrons. The maximum absolute atomic E-state index is 4.38. The molecule has 0 bridgehead atoms. The number of hydrogen-bond acceptors (Lipinski definition) is 5. The van der Waals surface area contributed by atoms with Crippen molar-refractivity contribution >= 4 is 28.4 Å². The number of benzene rings is 2. The topological polar surface area (TPSA) is 40.5 Å². The predicted octanol–water partition coefficient (Wildman–Crippen LogP) is 6.19. The molecule has 3 aromatic rings. The summed E-state index contributed by atoms with van der Waals surface area (Å²) in [4.78, 5) is 6.93. The van der Waals surface area contributed by atoms with Gasteiger partial charge < -0.3 is 4.90 Å². The SMILES string of the molecule is Cc1csc(NN=Cc2ccc3c(c2)C(C)CC(C)(C)N3Cc2ccccc2)n1. The standard InChI is InChI=1S/C24H28N4S/c1-17-13-24(3,4)28(15-19-8-6-5-7-9-19)22-11-10-20(12-21(17)22)14-25-27-23-26-18(2)16-29-23/h5-12,14,16-17H,13,15H2,1-4H3,(H,26,27). The van der Waals surface area contributed by atoms with Gasteiger partial charge in [-0.2, -0.15) is 5.10 Å². The third-order valence-electron chi connectivity index (χ3n) is 5.59. The molecule has 1 atom stereocenters. The molecule has 0 fully saturated rings. The summed E-state index contributed by atoms with van der Waals surface area (Å²) in [6, 6.07) is 17.4. The zero-order valence-corrected chi connectivity index (χ0v) is 18.3. The van der Waals surface area contributed by atoms with Crippen molar-refractivity contribution in [1.82, 2.24) is 4.98 Å². The molecule has 5 heteroatoms. The predicted molar refractivity (Wildman–Crippen MR) is 124 cm³/mol. The second-order valence-corrected chi connectivity index (χ2v) is 9.33. The molecule has 1 aliphatic rings. The Labute approximate surface area is 177 Å². The van der Waals surface area contributed by atoms with Crippen molar-refractivity contribution in [2.45, 2.75) is 52.1 Å². The lowest BCUT2D eigenvalue weighted by molar-refractivity contribution is 0.374. The summed E-state index contributed by atoms with van der Waals surface area (Å²) < 4.78 is 0. The molecule has 150 valence electrons. The largest absolute Gasteiger partial charge is 0.362 e. The summed E-state index contributed by atoms with van der Waals surface area (Å²) in [5, 5.41) is 7.21.